The summed E-state index contributed by atoms with van der Waals surface area (Å²) in [5.41, 5.74) is 2.98. The van der Waals surface area contributed by atoms with E-state index in [1.165, 1.54) is 25.6 Å². The molecule has 0 spiro atoms. The van der Waals surface area contributed by atoms with Gasteiger partial charge in [0.15, 0.2) is 0 Å². The average Bonchev–Trinajstić information content (AvgIpc) is 2.75. The topological polar surface area (TPSA) is 80.1 Å². The van der Waals surface area contributed by atoms with Gasteiger partial charge in [-0.3, -0.25) is 4.79 Å². The van der Waals surface area contributed by atoms with Crippen molar-refractivity contribution in [2.75, 3.05) is 13.1 Å². The number of hydrogen-bond acceptors (Lipinski definition) is 4. The Morgan fingerprint density at radius 1 is 1.03 bits per heavy atom. The summed E-state index contributed by atoms with van der Waals surface area (Å²) in [7, 11) is 0. The van der Waals surface area contributed by atoms with E-state index in [9.17, 15) is 9.59 Å². The monoisotopic (exact) mass is 393 g/mol. The van der Waals surface area contributed by atoms with Crippen LogP contribution in [0.3, 0.4) is 0 Å². The fraction of sp³-hybridized carbons (Fsp3) is 0.545. The lowest BCUT2D eigenvalue weighted by Gasteiger charge is -2.43. The fourth-order valence-electron chi connectivity index (χ4n) is 5.38. The first-order valence-electron chi connectivity index (χ1n) is 10.7. The third-order valence-electron chi connectivity index (χ3n) is 6.68. The Morgan fingerprint density at radius 2 is 1.83 bits per heavy atom. The minimum atomic E-state index is 0.0374. The number of piperidine rings is 1. The summed E-state index contributed by atoms with van der Waals surface area (Å²) in [6, 6.07) is 3.89. The van der Waals surface area contributed by atoms with Gasteiger partial charge < -0.3 is 14.8 Å². The number of carbonyl (C=O) groups is 1. The van der Waals surface area contributed by atoms with Gasteiger partial charge in [0, 0.05) is 66.9 Å². The normalized spacial score (nSPS) is 24.1. The molecule has 1 N–H and O–H groups in total. The van der Waals surface area contributed by atoms with E-state index in [4.69, 9.17) is 0 Å². The number of rotatable bonds is 2. The van der Waals surface area contributed by atoms with E-state index in [0.717, 1.165) is 42.6 Å². The van der Waals surface area contributed by atoms with Crippen LogP contribution in [-0.4, -0.2) is 44.6 Å². The molecule has 4 heterocycles. The van der Waals surface area contributed by atoms with Gasteiger partial charge in [-0.25, -0.2) is 14.8 Å². The Kier molecular flexibility index (Phi) is 4.81. The molecule has 0 aromatic carbocycles. The van der Waals surface area contributed by atoms with Gasteiger partial charge in [-0.05, 0) is 31.2 Å². The number of pyridine rings is 1. The van der Waals surface area contributed by atoms with Crippen molar-refractivity contribution in [2.24, 2.45) is 5.92 Å². The smallest absolute Gasteiger partial charge is 0.317 e. The van der Waals surface area contributed by atoms with E-state index in [2.05, 4.69) is 15.3 Å². The lowest BCUT2D eigenvalue weighted by molar-refractivity contribution is 0.127. The summed E-state index contributed by atoms with van der Waals surface area (Å²) in [5.74, 6) is 0.474. The molecule has 1 saturated heterocycles. The summed E-state index contributed by atoms with van der Waals surface area (Å²) < 4.78 is 1.91. The Balaban J connectivity index is 1.43. The summed E-state index contributed by atoms with van der Waals surface area (Å²) in [6.07, 6.45) is 12.0. The molecule has 7 heteroatoms. The van der Waals surface area contributed by atoms with Gasteiger partial charge in [0.25, 0.3) is 5.56 Å². The number of likely N-dealkylation sites (tertiary alicyclic amines) is 1. The second-order valence-electron chi connectivity index (χ2n) is 8.70. The number of fused-ring (bicyclic) bond motifs is 4. The zero-order chi connectivity index (χ0) is 19.8. The van der Waals surface area contributed by atoms with Crippen molar-refractivity contribution < 1.29 is 4.79 Å². The molecule has 2 aromatic rings. The molecule has 2 fully saturated rings. The number of urea groups is 1. The molecular formula is C22H27N5O2. The highest BCUT2D eigenvalue weighted by atomic mass is 16.2. The number of hydrogen-bond donors (Lipinski definition) is 1. The fourth-order valence-corrected chi connectivity index (χ4v) is 5.38. The van der Waals surface area contributed by atoms with Crippen LogP contribution in [0.15, 0.2) is 35.6 Å². The largest absolute Gasteiger partial charge is 0.335 e. The Morgan fingerprint density at radius 3 is 2.62 bits per heavy atom. The van der Waals surface area contributed by atoms with Crippen LogP contribution in [0.5, 0.6) is 0 Å². The number of nitrogens with zero attached hydrogens (tertiary/aromatic N) is 4. The first-order chi connectivity index (χ1) is 14.2. The van der Waals surface area contributed by atoms with Gasteiger partial charge in [0.05, 0.1) is 0 Å². The molecule has 1 saturated carbocycles. The minimum Gasteiger partial charge on any atom is -0.335 e. The highest BCUT2D eigenvalue weighted by molar-refractivity contribution is 5.75. The molecule has 5 rings (SSSR count). The van der Waals surface area contributed by atoms with E-state index < -0.39 is 0 Å². The molecule has 29 heavy (non-hydrogen) atoms. The first-order valence-corrected chi connectivity index (χ1v) is 10.7. The van der Waals surface area contributed by atoms with Crippen molar-refractivity contribution in [3.8, 4) is 11.1 Å². The predicted octanol–water partition coefficient (Wildman–Crippen LogP) is 2.77. The summed E-state index contributed by atoms with van der Waals surface area (Å²) in [6.45, 7) is 2.04. The van der Waals surface area contributed by atoms with Crippen molar-refractivity contribution in [1.82, 2.24) is 24.8 Å². The highest BCUT2D eigenvalue weighted by Crippen LogP contribution is 2.39. The Bertz CT molecular complexity index is 951. The zero-order valence-corrected chi connectivity index (χ0v) is 16.6. The third kappa shape index (κ3) is 3.54. The van der Waals surface area contributed by atoms with Gasteiger partial charge >= 0.3 is 6.03 Å². The van der Waals surface area contributed by atoms with Gasteiger partial charge in [0.1, 0.15) is 6.33 Å². The van der Waals surface area contributed by atoms with Crippen LogP contribution < -0.4 is 10.9 Å². The Labute approximate surface area is 170 Å². The number of carbonyl (C=O) groups excluding carboxylic acids is 1. The average molecular weight is 393 g/mol. The predicted molar refractivity (Wildman–Crippen MR) is 110 cm³/mol. The van der Waals surface area contributed by atoms with Crippen LogP contribution in [0.2, 0.25) is 0 Å². The lowest BCUT2D eigenvalue weighted by atomic mass is 9.81. The molecule has 3 aliphatic rings. The van der Waals surface area contributed by atoms with Gasteiger partial charge in [-0.15, -0.1) is 0 Å². The van der Waals surface area contributed by atoms with Crippen molar-refractivity contribution >= 4 is 6.03 Å². The van der Waals surface area contributed by atoms with Crippen LogP contribution in [0.25, 0.3) is 11.1 Å². The Hall–Kier alpha value is -2.70. The van der Waals surface area contributed by atoms with Crippen molar-refractivity contribution in [1.29, 1.82) is 0 Å². The molecular weight excluding hydrogens is 366 g/mol. The van der Waals surface area contributed by atoms with E-state index >= 15 is 0 Å². The molecule has 2 amide bonds. The van der Waals surface area contributed by atoms with Crippen LogP contribution in [0.1, 0.15) is 50.1 Å². The molecule has 2 bridgehead atoms. The molecule has 0 radical (unpaired) electrons. The molecule has 2 atom stereocenters. The maximum atomic E-state index is 13.0. The summed E-state index contributed by atoms with van der Waals surface area (Å²) in [4.78, 5) is 35.8. The van der Waals surface area contributed by atoms with Crippen LogP contribution >= 0.6 is 0 Å². The maximum Gasteiger partial charge on any atom is 0.317 e. The minimum absolute atomic E-state index is 0.0374. The van der Waals surface area contributed by atoms with Crippen LogP contribution in [0, 0.1) is 5.92 Å². The maximum absolute atomic E-state index is 13.0. The van der Waals surface area contributed by atoms with Gasteiger partial charge in [-0.1, -0.05) is 19.3 Å². The van der Waals surface area contributed by atoms with Crippen molar-refractivity contribution in [2.45, 2.75) is 57.0 Å². The molecule has 7 nitrogen and oxygen atoms in total. The SMILES string of the molecule is O=C(NC1CCCCC1)N1C[C@@H]2C[C@H](C1)c1c(-c3cncnc3)ccc(=O)n1C2. The van der Waals surface area contributed by atoms with E-state index in [-0.39, 0.29) is 17.5 Å². The number of nitrogens with one attached hydrogen (secondary N) is 1. The molecule has 0 unspecified atom stereocenters. The van der Waals surface area contributed by atoms with E-state index in [1.54, 1.807) is 18.5 Å². The van der Waals surface area contributed by atoms with Crippen molar-refractivity contribution in [3.05, 3.63) is 46.9 Å². The standard InChI is InChI=1S/C22H27N5O2/c28-20-7-6-19(17-9-23-14-24-10-17)21-16-8-15(12-27(20)21)11-26(13-16)22(29)25-18-4-2-1-3-5-18/h6-7,9-10,14-16,18H,1-5,8,11-13H2,(H,25,29)/t15-,16+/m0/s1. The summed E-state index contributed by atoms with van der Waals surface area (Å²) in [5, 5.41) is 3.26. The quantitative estimate of drug-likeness (QED) is 0.851. The summed E-state index contributed by atoms with van der Waals surface area (Å²) >= 11 is 0. The van der Waals surface area contributed by atoms with E-state index in [0.29, 0.717) is 25.0 Å². The second kappa shape index (κ2) is 7.61. The second-order valence-corrected chi connectivity index (χ2v) is 8.70. The van der Waals surface area contributed by atoms with Crippen LogP contribution in [0.4, 0.5) is 4.79 Å². The lowest BCUT2D eigenvalue weighted by Crippen LogP contribution is -2.53. The zero-order valence-electron chi connectivity index (χ0n) is 16.6. The molecule has 152 valence electrons. The molecule has 1 aliphatic carbocycles. The van der Waals surface area contributed by atoms with Gasteiger partial charge in [-0.2, -0.15) is 0 Å². The van der Waals surface area contributed by atoms with Crippen LogP contribution in [-0.2, 0) is 6.54 Å². The van der Waals surface area contributed by atoms with Crippen molar-refractivity contribution in [3.63, 3.8) is 0 Å². The highest BCUT2D eigenvalue weighted by Gasteiger charge is 2.38. The van der Waals surface area contributed by atoms with Gasteiger partial charge in [0.2, 0.25) is 0 Å². The molecule has 2 aliphatic heterocycles. The first kappa shape index (κ1) is 18.3. The molecule has 2 aromatic heterocycles. The number of amides is 2. The van der Waals surface area contributed by atoms with E-state index in [1.807, 2.05) is 15.5 Å². The number of aromatic nitrogens is 3. The third-order valence-corrected chi connectivity index (χ3v) is 6.68.